The van der Waals surface area contributed by atoms with Gasteiger partial charge < -0.3 is 19.7 Å². The van der Waals surface area contributed by atoms with E-state index in [4.69, 9.17) is 9.47 Å². The van der Waals surface area contributed by atoms with Gasteiger partial charge in [0.2, 0.25) is 17.7 Å². The normalized spacial score (nSPS) is 17.9. The lowest BCUT2D eigenvalue weighted by atomic mass is 9.97. The number of hydrogen-bond donors (Lipinski definition) is 1. The molecule has 3 atom stereocenters. The summed E-state index contributed by atoms with van der Waals surface area (Å²) in [5, 5.41) is 3.05. The predicted octanol–water partition coefficient (Wildman–Crippen LogP) is 4.86. The molecule has 10 heteroatoms. The average Bonchev–Trinajstić information content (AvgIpc) is 3.01. The summed E-state index contributed by atoms with van der Waals surface area (Å²) in [5.74, 6) is -0.423. The Hall–Kier alpha value is -3.89. The second-order valence-electron chi connectivity index (χ2n) is 11.8. The van der Waals surface area contributed by atoms with Crippen LogP contribution in [0.5, 0.6) is 5.88 Å². The molecule has 1 saturated heterocycles. The molecule has 3 aromatic rings. The Bertz CT molecular complexity index is 1450. The molecule has 1 aliphatic heterocycles. The molecule has 4 rings (SSSR count). The van der Waals surface area contributed by atoms with E-state index in [1.165, 1.54) is 0 Å². The Morgan fingerprint density at radius 3 is 2.48 bits per heavy atom. The van der Waals surface area contributed by atoms with Crippen molar-refractivity contribution in [3.8, 4) is 17.1 Å². The summed E-state index contributed by atoms with van der Waals surface area (Å²) >= 11 is 0. The standard InChI is InChI=1S/C34H44FN5O4/c1-21(2)34(42)40-24(5)19-39(28(13-15-43-6)32-31(35)23(4)12-14-36-32)20-29(40)33(41)37-18-25-8-10-26(11-9-25)27-16-22(3)17-30(38-27)44-7/h8-12,14,16-17,21,24,28-29H,13,15,18-20H2,1-7H3,(H,37,41)/t24-,28-,29-/m1/s1. The van der Waals surface area contributed by atoms with Gasteiger partial charge in [-0.15, -0.1) is 0 Å². The number of halogens is 1. The van der Waals surface area contributed by atoms with Gasteiger partial charge >= 0.3 is 0 Å². The van der Waals surface area contributed by atoms with E-state index in [1.807, 2.05) is 64.1 Å². The number of amides is 2. The number of hydrogen-bond acceptors (Lipinski definition) is 7. The van der Waals surface area contributed by atoms with Crippen LogP contribution >= 0.6 is 0 Å². The van der Waals surface area contributed by atoms with Crippen LogP contribution in [0, 0.1) is 25.6 Å². The number of carbonyl (C=O) groups excluding carboxylic acids is 2. The number of aryl methyl sites for hydroxylation is 2. The lowest BCUT2D eigenvalue weighted by Gasteiger charge is -2.47. The molecular formula is C34H44FN5O4. The Kier molecular flexibility index (Phi) is 11.0. The second-order valence-corrected chi connectivity index (χ2v) is 11.8. The van der Waals surface area contributed by atoms with Crippen molar-refractivity contribution in [2.75, 3.05) is 33.9 Å². The molecule has 0 saturated carbocycles. The highest BCUT2D eigenvalue weighted by Gasteiger charge is 2.42. The summed E-state index contributed by atoms with van der Waals surface area (Å²) in [6.07, 6.45) is 2.10. The van der Waals surface area contributed by atoms with Gasteiger partial charge in [0.1, 0.15) is 11.9 Å². The summed E-state index contributed by atoms with van der Waals surface area (Å²) in [6.45, 7) is 10.7. The number of nitrogens with zero attached hydrogens (tertiary/aromatic N) is 4. The minimum atomic E-state index is -0.755. The molecule has 0 bridgehead atoms. The van der Waals surface area contributed by atoms with Crippen molar-refractivity contribution in [3.05, 3.63) is 76.9 Å². The Balaban J connectivity index is 1.55. The molecule has 2 aromatic heterocycles. The molecule has 1 fully saturated rings. The van der Waals surface area contributed by atoms with E-state index in [1.54, 1.807) is 38.3 Å². The molecule has 44 heavy (non-hydrogen) atoms. The number of piperazine rings is 1. The van der Waals surface area contributed by atoms with Crippen LogP contribution in [0.4, 0.5) is 4.39 Å². The van der Waals surface area contributed by atoms with Gasteiger partial charge in [0.05, 0.1) is 24.5 Å². The van der Waals surface area contributed by atoms with E-state index >= 15 is 4.39 Å². The van der Waals surface area contributed by atoms with E-state index in [-0.39, 0.29) is 36.1 Å². The number of aromatic nitrogens is 2. The van der Waals surface area contributed by atoms with Gasteiger partial charge in [-0.2, -0.15) is 0 Å². The third-order valence-electron chi connectivity index (χ3n) is 8.10. The number of benzene rings is 1. The number of rotatable bonds is 11. The first-order chi connectivity index (χ1) is 21.0. The molecule has 9 nitrogen and oxygen atoms in total. The van der Waals surface area contributed by atoms with E-state index in [0.29, 0.717) is 43.3 Å². The van der Waals surface area contributed by atoms with Crippen LogP contribution in [-0.2, 0) is 20.9 Å². The van der Waals surface area contributed by atoms with Crippen molar-refractivity contribution in [2.45, 2.75) is 65.7 Å². The number of methoxy groups -OCH3 is 2. The first-order valence-electron chi connectivity index (χ1n) is 15.1. The third-order valence-corrected chi connectivity index (χ3v) is 8.10. The maximum Gasteiger partial charge on any atom is 0.244 e. The summed E-state index contributed by atoms with van der Waals surface area (Å²) in [4.78, 5) is 39.9. The molecule has 0 unspecified atom stereocenters. The average molecular weight is 606 g/mol. The topological polar surface area (TPSA) is 96.9 Å². The monoisotopic (exact) mass is 605 g/mol. The van der Waals surface area contributed by atoms with Gasteiger partial charge in [-0.3, -0.25) is 19.5 Å². The van der Waals surface area contributed by atoms with Gasteiger partial charge in [0, 0.05) is 63.1 Å². The summed E-state index contributed by atoms with van der Waals surface area (Å²) in [7, 11) is 3.20. The number of carbonyl (C=O) groups is 2. The first-order valence-corrected chi connectivity index (χ1v) is 15.1. The fraction of sp³-hybridized carbons (Fsp3) is 0.471. The largest absolute Gasteiger partial charge is 0.481 e. The molecule has 1 aromatic carbocycles. The molecule has 0 radical (unpaired) electrons. The van der Waals surface area contributed by atoms with Crippen LogP contribution in [0.2, 0.25) is 0 Å². The minimum absolute atomic E-state index is 0.0870. The van der Waals surface area contributed by atoms with Crippen molar-refractivity contribution < 1.29 is 23.5 Å². The predicted molar refractivity (Wildman–Crippen MR) is 167 cm³/mol. The van der Waals surface area contributed by atoms with Crippen molar-refractivity contribution in [1.82, 2.24) is 25.1 Å². The van der Waals surface area contributed by atoms with Crippen LogP contribution in [-0.4, -0.2) is 77.6 Å². The first kappa shape index (κ1) is 33.0. The lowest BCUT2D eigenvalue weighted by Crippen LogP contribution is -2.65. The quantitative estimate of drug-likeness (QED) is 0.334. The van der Waals surface area contributed by atoms with Crippen molar-refractivity contribution in [2.24, 2.45) is 5.92 Å². The third kappa shape index (κ3) is 7.60. The van der Waals surface area contributed by atoms with Gasteiger partial charge in [0.15, 0.2) is 0 Å². The number of ether oxygens (including phenoxy) is 2. The molecule has 236 valence electrons. The Labute approximate surface area is 259 Å². The van der Waals surface area contributed by atoms with E-state index in [0.717, 1.165) is 22.4 Å². The van der Waals surface area contributed by atoms with Crippen molar-refractivity contribution >= 4 is 11.8 Å². The van der Waals surface area contributed by atoms with Crippen molar-refractivity contribution in [3.63, 3.8) is 0 Å². The van der Waals surface area contributed by atoms with E-state index in [9.17, 15) is 9.59 Å². The van der Waals surface area contributed by atoms with Gasteiger partial charge in [-0.05, 0) is 56.0 Å². The smallest absolute Gasteiger partial charge is 0.244 e. The van der Waals surface area contributed by atoms with Crippen LogP contribution < -0.4 is 10.1 Å². The molecule has 1 N–H and O–H groups in total. The molecular weight excluding hydrogens is 561 g/mol. The lowest BCUT2D eigenvalue weighted by molar-refractivity contribution is -0.151. The number of nitrogens with one attached hydrogen (secondary N) is 1. The van der Waals surface area contributed by atoms with Crippen LogP contribution in [0.1, 0.15) is 55.6 Å². The van der Waals surface area contributed by atoms with Gasteiger partial charge in [-0.1, -0.05) is 38.1 Å². The van der Waals surface area contributed by atoms with Crippen LogP contribution in [0.15, 0.2) is 48.7 Å². The minimum Gasteiger partial charge on any atom is -0.481 e. The number of pyridine rings is 2. The summed E-state index contributed by atoms with van der Waals surface area (Å²) in [5.41, 5.74) is 4.54. The van der Waals surface area contributed by atoms with E-state index < -0.39 is 12.1 Å². The Morgan fingerprint density at radius 2 is 1.82 bits per heavy atom. The second kappa shape index (κ2) is 14.7. The highest BCUT2D eigenvalue weighted by atomic mass is 19.1. The van der Waals surface area contributed by atoms with Crippen LogP contribution in [0.3, 0.4) is 0 Å². The van der Waals surface area contributed by atoms with Crippen LogP contribution in [0.25, 0.3) is 11.3 Å². The maximum absolute atomic E-state index is 15.3. The summed E-state index contributed by atoms with van der Waals surface area (Å²) in [6, 6.07) is 11.9. The maximum atomic E-state index is 15.3. The highest BCUT2D eigenvalue weighted by molar-refractivity contribution is 5.89. The summed E-state index contributed by atoms with van der Waals surface area (Å²) < 4.78 is 26.0. The zero-order chi connectivity index (χ0) is 32.0. The zero-order valence-electron chi connectivity index (χ0n) is 26.8. The van der Waals surface area contributed by atoms with E-state index in [2.05, 4.69) is 20.2 Å². The van der Waals surface area contributed by atoms with Gasteiger partial charge in [0.25, 0.3) is 0 Å². The Morgan fingerprint density at radius 1 is 1.09 bits per heavy atom. The van der Waals surface area contributed by atoms with Crippen molar-refractivity contribution in [1.29, 1.82) is 0 Å². The highest BCUT2D eigenvalue weighted by Crippen LogP contribution is 2.31. The molecule has 1 aliphatic rings. The molecule has 0 spiro atoms. The van der Waals surface area contributed by atoms with Gasteiger partial charge in [-0.25, -0.2) is 9.37 Å². The fourth-order valence-corrected chi connectivity index (χ4v) is 5.76. The molecule has 0 aliphatic carbocycles. The SMILES string of the molecule is COCC[C@H](c1nccc(C)c1F)N1C[C@@H](C)N(C(=O)C(C)C)[C@@H](C(=O)NCc2ccc(-c3cc(C)cc(OC)n3)cc2)C1. The molecule has 3 heterocycles. The molecule has 2 amide bonds. The fourth-order valence-electron chi connectivity index (χ4n) is 5.76. The zero-order valence-corrected chi connectivity index (χ0v) is 26.8.